The lowest BCUT2D eigenvalue weighted by atomic mass is 10.1. The third kappa shape index (κ3) is 4.29. The summed E-state index contributed by atoms with van der Waals surface area (Å²) in [6.45, 7) is 1.19. The molecular weight excluding hydrogens is 259 g/mol. The molecule has 1 aromatic carbocycles. The van der Waals surface area contributed by atoms with Crippen molar-refractivity contribution in [2.45, 2.75) is 6.42 Å². The van der Waals surface area contributed by atoms with Crippen LogP contribution >= 0.6 is 0 Å². The van der Waals surface area contributed by atoms with E-state index in [9.17, 15) is 4.39 Å². The standard InChI is InChI=1S/C15H17FN2O2/c16-15-2-1-14(20-13-4-7-17-8-5-13)11-12(15)3-6-18-9-10-19/h1-2,4-5,7-8,11,18-19H,3,6,9-10H2. The van der Waals surface area contributed by atoms with E-state index in [1.54, 1.807) is 36.7 Å². The second kappa shape index (κ2) is 7.57. The van der Waals surface area contributed by atoms with Crippen LogP contribution in [0.5, 0.6) is 11.5 Å². The number of hydrogen-bond donors (Lipinski definition) is 2. The summed E-state index contributed by atoms with van der Waals surface area (Å²) >= 11 is 0. The molecule has 2 aromatic rings. The van der Waals surface area contributed by atoms with Gasteiger partial charge in [-0.15, -0.1) is 0 Å². The van der Waals surface area contributed by atoms with Gasteiger partial charge in [-0.3, -0.25) is 4.98 Å². The molecule has 2 rings (SSSR count). The second-order valence-corrected chi connectivity index (χ2v) is 4.26. The number of benzene rings is 1. The van der Waals surface area contributed by atoms with Crippen LogP contribution < -0.4 is 10.1 Å². The minimum atomic E-state index is -0.252. The Balaban J connectivity index is 2.00. The van der Waals surface area contributed by atoms with Crippen molar-refractivity contribution in [1.29, 1.82) is 0 Å². The van der Waals surface area contributed by atoms with Gasteiger partial charge in [-0.05, 0) is 48.9 Å². The van der Waals surface area contributed by atoms with E-state index < -0.39 is 0 Å². The van der Waals surface area contributed by atoms with E-state index >= 15 is 0 Å². The zero-order valence-corrected chi connectivity index (χ0v) is 11.1. The first kappa shape index (κ1) is 14.4. The maximum atomic E-state index is 13.7. The van der Waals surface area contributed by atoms with Crippen LogP contribution in [0, 0.1) is 5.82 Å². The fraction of sp³-hybridized carbons (Fsp3) is 0.267. The summed E-state index contributed by atoms with van der Waals surface area (Å²) in [7, 11) is 0. The molecule has 0 aliphatic carbocycles. The topological polar surface area (TPSA) is 54.4 Å². The van der Waals surface area contributed by atoms with Crippen LogP contribution in [0.4, 0.5) is 4.39 Å². The van der Waals surface area contributed by atoms with E-state index in [4.69, 9.17) is 9.84 Å². The first-order valence-electron chi connectivity index (χ1n) is 6.47. The van der Waals surface area contributed by atoms with Gasteiger partial charge in [0.25, 0.3) is 0 Å². The molecular formula is C15H17FN2O2. The Hall–Kier alpha value is -1.98. The largest absolute Gasteiger partial charge is 0.457 e. The zero-order chi connectivity index (χ0) is 14.2. The summed E-state index contributed by atoms with van der Waals surface area (Å²) in [5, 5.41) is 11.7. The minimum absolute atomic E-state index is 0.0771. The maximum absolute atomic E-state index is 13.7. The van der Waals surface area contributed by atoms with E-state index in [1.807, 2.05) is 0 Å². The van der Waals surface area contributed by atoms with Gasteiger partial charge in [-0.1, -0.05) is 0 Å². The van der Waals surface area contributed by atoms with Crippen molar-refractivity contribution < 1.29 is 14.2 Å². The number of rotatable bonds is 7. The lowest BCUT2D eigenvalue weighted by Gasteiger charge is -2.09. The summed E-state index contributed by atoms with van der Waals surface area (Å²) in [5.41, 5.74) is 0.585. The van der Waals surface area contributed by atoms with E-state index in [0.717, 1.165) is 0 Å². The number of aliphatic hydroxyl groups excluding tert-OH is 1. The van der Waals surface area contributed by atoms with E-state index in [-0.39, 0.29) is 12.4 Å². The molecule has 0 saturated carbocycles. The smallest absolute Gasteiger partial charge is 0.130 e. The van der Waals surface area contributed by atoms with Crippen LogP contribution in [-0.4, -0.2) is 29.8 Å². The van der Waals surface area contributed by atoms with Crippen molar-refractivity contribution in [1.82, 2.24) is 10.3 Å². The fourth-order valence-electron chi connectivity index (χ4n) is 1.78. The number of nitrogens with one attached hydrogen (secondary N) is 1. The Bertz CT molecular complexity index is 535. The molecule has 0 unspecified atom stereocenters. The first-order valence-corrected chi connectivity index (χ1v) is 6.47. The molecule has 5 heteroatoms. The molecule has 0 bridgehead atoms. The molecule has 0 aliphatic heterocycles. The van der Waals surface area contributed by atoms with Gasteiger partial charge >= 0.3 is 0 Å². The van der Waals surface area contributed by atoms with Gasteiger partial charge < -0.3 is 15.2 Å². The Kier molecular flexibility index (Phi) is 5.46. The van der Waals surface area contributed by atoms with Crippen LogP contribution in [0.2, 0.25) is 0 Å². The summed E-state index contributed by atoms with van der Waals surface area (Å²) in [5.74, 6) is 1.00. The minimum Gasteiger partial charge on any atom is -0.457 e. The van der Waals surface area contributed by atoms with E-state index in [2.05, 4.69) is 10.3 Å². The van der Waals surface area contributed by atoms with Crippen molar-refractivity contribution in [3.05, 3.63) is 54.1 Å². The Labute approximate surface area is 117 Å². The van der Waals surface area contributed by atoms with Gasteiger partial charge in [0.1, 0.15) is 17.3 Å². The number of halogens is 1. The van der Waals surface area contributed by atoms with Crippen LogP contribution in [-0.2, 0) is 6.42 Å². The number of nitrogens with zero attached hydrogens (tertiary/aromatic N) is 1. The van der Waals surface area contributed by atoms with Crippen molar-refractivity contribution in [2.24, 2.45) is 0 Å². The summed E-state index contributed by atoms with van der Waals surface area (Å²) in [6.07, 6.45) is 3.82. The fourth-order valence-corrected chi connectivity index (χ4v) is 1.78. The summed E-state index contributed by atoms with van der Waals surface area (Å²) in [6, 6.07) is 8.17. The number of ether oxygens (including phenoxy) is 1. The molecule has 1 heterocycles. The average Bonchev–Trinajstić information content (AvgIpc) is 2.48. The molecule has 0 spiro atoms. The maximum Gasteiger partial charge on any atom is 0.130 e. The molecule has 0 amide bonds. The Morgan fingerprint density at radius 3 is 2.65 bits per heavy atom. The highest BCUT2D eigenvalue weighted by Gasteiger charge is 2.05. The second-order valence-electron chi connectivity index (χ2n) is 4.26. The normalized spacial score (nSPS) is 10.5. The van der Waals surface area contributed by atoms with Crippen molar-refractivity contribution in [3.63, 3.8) is 0 Å². The van der Waals surface area contributed by atoms with Gasteiger partial charge in [0.05, 0.1) is 6.61 Å². The van der Waals surface area contributed by atoms with Gasteiger partial charge in [0.2, 0.25) is 0 Å². The zero-order valence-electron chi connectivity index (χ0n) is 11.1. The van der Waals surface area contributed by atoms with Crippen molar-refractivity contribution in [3.8, 4) is 11.5 Å². The predicted octanol–water partition coefficient (Wildman–Crippen LogP) is 2.14. The first-order chi connectivity index (χ1) is 9.79. The third-order valence-corrected chi connectivity index (χ3v) is 2.76. The molecule has 0 aliphatic rings. The molecule has 1 aromatic heterocycles. The van der Waals surface area contributed by atoms with Crippen LogP contribution in [0.25, 0.3) is 0 Å². The molecule has 0 atom stereocenters. The molecule has 106 valence electrons. The number of aliphatic hydroxyl groups is 1. The highest BCUT2D eigenvalue weighted by atomic mass is 19.1. The molecule has 0 radical (unpaired) electrons. The number of hydrogen-bond acceptors (Lipinski definition) is 4. The third-order valence-electron chi connectivity index (χ3n) is 2.76. The van der Waals surface area contributed by atoms with E-state index in [1.165, 1.54) is 6.07 Å². The monoisotopic (exact) mass is 276 g/mol. The molecule has 4 nitrogen and oxygen atoms in total. The predicted molar refractivity (Wildman–Crippen MR) is 74.4 cm³/mol. The number of pyridine rings is 1. The molecule has 2 N–H and O–H groups in total. The lowest BCUT2D eigenvalue weighted by molar-refractivity contribution is 0.292. The summed E-state index contributed by atoms with van der Waals surface area (Å²) < 4.78 is 19.3. The van der Waals surface area contributed by atoms with Crippen molar-refractivity contribution >= 4 is 0 Å². The van der Waals surface area contributed by atoms with Crippen LogP contribution in [0.3, 0.4) is 0 Å². The molecule has 0 saturated heterocycles. The van der Waals surface area contributed by atoms with Gasteiger partial charge in [0.15, 0.2) is 0 Å². The van der Waals surface area contributed by atoms with Crippen molar-refractivity contribution in [2.75, 3.05) is 19.7 Å². The SMILES string of the molecule is OCCNCCc1cc(Oc2ccncc2)ccc1F. The van der Waals surface area contributed by atoms with Gasteiger partial charge in [-0.25, -0.2) is 4.39 Å². The molecule has 0 fully saturated rings. The molecule has 20 heavy (non-hydrogen) atoms. The summed E-state index contributed by atoms with van der Waals surface area (Å²) in [4.78, 5) is 3.91. The highest BCUT2D eigenvalue weighted by molar-refractivity contribution is 5.34. The quantitative estimate of drug-likeness (QED) is 0.761. The van der Waals surface area contributed by atoms with Gasteiger partial charge in [0, 0.05) is 18.9 Å². The van der Waals surface area contributed by atoms with Gasteiger partial charge in [-0.2, -0.15) is 0 Å². The highest BCUT2D eigenvalue weighted by Crippen LogP contribution is 2.23. The Morgan fingerprint density at radius 1 is 1.10 bits per heavy atom. The average molecular weight is 276 g/mol. The van der Waals surface area contributed by atoms with Crippen LogP contribution in [0.15, 0.2) is 42.7 Å². The lowest BCUT2D eigenvalue weighted by Crippen LogP contribution is -2.21. The van der Waals surface area contributed by atoms with Crippen LogP contribution in [0.1, 0.15) is 5.56 Å². The number of aromatic nitrogens is 1. The Morgan fingerprint density at radius 2 is 1.90 bits per heavy atom. The van der Waals surface area contributed by atoms with E-state index in [0.29, 0.717) is 36.6 Å².